The molecule has 0 saturated carbocycles. The van der Waals surface area contributed by atoms with Gasteiger partial charge < -0.3 is 10.1 Å². The fraction of sp³-hybridized carbons (Fsp3) is 0.167. The molecule has 0 bridgehead atoms. The second-order valence-electron chi connectivity index (χ2n) is 5.17. The number of hydrogen-bond donors (Lipinski definition) is 2. The van der Waals surface area contributed by atoms with Crippen molar-refractivity contribution in [2.45, 2.75) is 13.5 Å². The molecule has 0 unspecified atom stereocenters. The highest BCUT2D eigenvalue weighted by Crippen LogP contribution is 2.26. The number of likely N-dealkylation sites (N-methyl/N-ethyl adjacent to an activating group) is 1. The Kier molecular flexibility index (Phi) is 7.44. The number of carbonyl (C=O) groups is 2. The molecule has 6 nitrogen and oxygen atoms in total. The molecule has 0 heterocycles. The van der Waals surface area contributed by atoms with Crippen molar-refractivity contribution in [3.63, 3.8) is 0 Å². The second kappa shape index (κ2) is 9.79. The maximum absolute atomic E-state index is 11.4. The highest BCUT2D eigenvalue weighted by Gasteiger charge is 2.10. The molecular weight excluding hydrogens is 377 g/mol. The first-order valence-corrected chi connectivity index (χ1v) is 8.53. The Morgan fingerprint density at radius 2 is 1.96 bits per heavy atom. The van der Waals surface area contributed by atoms with E-state index in [0.29, 0.717) is 34.5 Å². The largest absolute Gasteiger partial charge is 0.487 e. The van der Waals surface area contributed by atoms with Crippen LogP contribution < -0.4 is 15.5 Å². The third kappa shape index (κ3) is 6.06. The average Bonchev–Trinajstić information content (AvgIpc) is 2.61. The lowest BCUT2D eigenvalue weighted by molar-refractivity contribution is -0.139. The summed E-state index contributed by atoms with van der Waals surface area (Å²) in [6.07, 6.45) is 1.38. The number of amides is 2. The van der Waals surface area contributed by atoms with Gasteiger partial charge >= 0.3 is 11.8 Å². The van der Waals surface area contributed by atoms with Crippen LogP contribution in [0.15, 0.2) is 47.6 Å². The minimum atomic E-state index is -0.837. The topological polar surface area (TPSA) is 79.8 Å². The Morgan fingerprint density at radius 3 is 2.65 bits per heavy atom. The highest BCUT2D eigenvalue weighted by molar-refractivity contribution is 6.35. The SMILES string of the molecule is CCNC(=O)C(=O)N/N=C\c1ccc(OCc2cccc(Cl)c2)c(Cl)c1. The second-order valence-corrected chi connectivity index (χ2v) is 6.01. The summed E-state index contributed by atoms with van der Waals surface area (Å²) in [7, 11) is 0. The van der Waals surface area contributed by atoms with Gasteiger partial charge in [0.25, 0.3) is 0 Å². The lowest BCUT2D eigenvalue weighted by Gasteiger charge is -2.09. The predicted octanol–water partition coefficient (Wildman–Crippen LogP) is 3.16. The van der Waals surface area contributed by atoms with Crippen molar-refractivity contribution in [1.82, 2.24) is 10.7 Å². The van der Waals surface area contributed by atoms with E-state index in [1.54, 1.807) is 31.2 Å². The molecule has 8 heteroatoms. The van der Waals surface area contributed by atoms with Crippen molar-refractivity contribution >= 4 is 41.2 Å². The van der Waals surface area contributed by atoms with Crippen molar-refractivity contribution in [3.8, 4) is 5.75 Å². The first kappa shape index (κ1) is 19.8. The molecule has 2 aromatic rings. The summed E-state index contributed by atoms with van der Waals surface area (Å²) in [5, 5.41) is 7.12. The molecule has 26 heavy (non-hydrogen) atoms. The minimum absolute atomic E-state index is 0.330. The molecule has 0 fully saturated rings. The summed E-state index contributed by atoms with van der Waals surface area (Å²) in [5.74, 6) is -1.07. The van der Waals surface area contributed by atoms with Crippen LogP contribution in [-0.2, 0) is 16.2 Å². The summed E-state index contributed by atoms with van der Waals surface area (Å²) in [6, 6.07) is 12.4. The van der Waals surface area contributed by atoms with Crippen LogP contribution in [0.5, 0.6) is 5.75 Å². The molecule has 2 aromatic carbocycles. The van der Waals surface area contributed by atoms with Gasteiger partial charge in [-0.3, -0.25) is 9.59 Å². The fourth-order valence-corrected chi connectivity index (χ4v) is 2.42. The smallest absolute Gasteiger partial charge is 0.329 e. The zero-order valence-corrected chi connectivity index (χ0v) is 15.5. The maximum Gasteiger partial charge on any atom is 0.329 e. The number of halogens is 2. The molecule has 2 rings (SSSR count). The normalized spacial score (nSPS) is 10.6. The van der Waals surface area contributed by atoms with Crippen LogP contribution in [0.4, 0.5) is 0 Å². The van der Waals surface area contributed by atoms with Crippen LogP contribution in [0.1, 0.15) is 18.1 Å². The van der Waals surface area contributed by atoms with Gasteiger partial charge in [-0.05, 0) is 48.4 Å². The maximum atomic E-state index is 11.4. The summed E-state index contributed by atoms with van der Waals surface area (Å²) in [6.45, 7) is 2.41. The number of rotatable bonds is 6. The van der Waals surface area contributed by atoms with Gasteiger partial charge in [0, 0.05) is 11.6 Å². The minimum Gasteiger partial charge on any atom is -0.487 e. The fourth-order valence-electron chi connectivity index (χ4n) is 1.96. The van der Waals surface area contributed by atoms with Crippen molar-refractivity contribution in [3.05, 3.63) is 63.6 Å². The van der Waals surface area contributed by atoms with Crippen LogP contribution in [0.25, 0.3) is 0 Å². The summed E-state index contributed by atoms with van der Waals surface area (Å²) >= 11 is 12.1. The van der Waals surface area contributed by atoms with E-state index >= 15 is 0 Å². The van der Waals surface area contributed by atoms with E-state index in [2.05, 4.69) is 15.8 Å². The van der Waals surface area contributed by atoms with E-state index in [-0.39, 0.29) is 0 Å². The van der Waals surface area contributed by atoms with E-state index in [9.17, 15) is 9.59 Å². The lowest BCUT2D eigenvalue weighted by Crippen LogP contribution is -2.37. The van der Waals surface area contributed by atoms with Crippen molar-refractivity contribution in [2.75, 3.05) is 6.54 Å². The summed E-state index contributed by atoms with van der Waals surface area (Å²) in [4.78, 5) is 22.6. The van der Waals surface area contributed by atoms with Gasteiger partial charge in [0.1, 0.15) is 12.4 Å². The van der Waals surface area contributed by atoms with Crippen LogP contribution in [0.2, 0.25) is 10.0 Å². The number of nitrogens with one attached hydrogen (secondary N) is 2. The first-order valence-electron chi connectivity index (χ1n) is 7.77. The van der Waals surface area contributed by atoms with Crippen molar-refractivity contribution in [2.24, 2.45) is 5.10 Å². The third-order valence-corrected chi connectivity index (χ3v) is 3.69. The van der Waals surface area contributed by atoms with Crippen LogP contribution >= 0.6 is 23.2 Å². The number of hydrogen-bond acceptors (Lipinski definition) is 4. The molecule has 0 aromatic heterocycles. The van der Waals surface area contributed by atoms with E-state index in [1.165, 1.54) is 6.21 Å². The molecular formula is C18H17Cl2N3O3. The van der Waals surface area contributed by atoms with Crippen molar-refractivity contribution in [1.29, 1.82) is 0 Å². The van der Waals surface area contributed by atoms with Gasteiger partial charge in [0.05, 0.1) is 11.2 Å². The summed E-state index contributed by atoms with van der Waals surface area (Å²) < 4.78 is 5.68. The average molecular weight is 394 g/mol. The quantitative estimate of drug-likeness (QED) is 0.449. The van der Waals surface area contributed by atoms with E-state index in [1.807, 2.05) is 18.2 Å². The lowest BCUT2D eigenvalue weighted by atomic mass is 10.2. The Bertz CT molecular complexity index is 825. The van der Waals surface area contributed by atoms with Gasteiger partial charge in [-0.25, -0.2) is 5.43 Å². The molecule has 0 spiro atoms. The number of carbonyl (C=O) groups excluding carboxylic acids is 2. The van der Waals surface area contributed by atoms with E-state index in [0.717, 1.165) is 5.56 Å². The molecule has 0 radical (unpaired) electrons. The Labute approximate surface area is 161 Å². The van der Waals surface area contributed by atoms with Crippen LogP contribution in [0.3, 0.4) is 0 Å². The Balaban J connectivity index is 1.93. The van der Waals surface area contributed by atoms with Gasteiger partial charge in [-0.15, -0.1) is 0 Å². The zero-order valence-electron chi connectivity index (χ0n) is 14.0. The van der Waals surface area contributed by atoms with E-state index < -0.39 is 11.8 Å². The molecule has 0 saturated heterocycles. The number of ether oxygens (including phenoxy) is 1. The first-order chi connectivity index (χ1) is 12.5. The molecule has 136 valence electrons. The predicted molar refractivity (Wildman–Crippen MR) is 102 cm³/mol. The summed E-state index contributed by atoms with van der Waals surface area (Å²) in [5.41, 5.74) is 3.70. The van der Waals surface area contributed by atoms with Crippen LogP contribution in [-0.4, -0.2) is 24.6 Å². The van der Waals surface area contributed by atoms with Gasteiger partial charge in [-0.1, -0.05) is 35.3 Å². The monoisotopic (exact) mass is 393 g/mol. The number of hydrazone groups is 1. The Hall–Kier alpha value is -2.57. The zero-order chi connectivity index (χ0) is 18.9. The molecule has 2 N–H and O–H groups in total. The standard InChI is InChI=1S/C18H17Cl2N3O3/c1-2-21-17(24)18(25)23-22-10-12-6-7-16(15(20)9-12)26-11-13-4-3-5-14(19)8-13/h3-10H,2,11H2,1H3,(H,21,24)(H,23,25)/b22-10-. The third-order valence-electron chi connectivity index (χ3n) is 3.16. The molecule has 2 amide bonds. The molecule has 0 atom stereocenters. The van der Waals surface area contributed by atoms with Gasteiger partial charge in [-0.2, -0.15) is 5.10 Å². The van der Waals surface area contributed by atoms with E-state index in [4.69, 9.17) is 27.9 Å². The van der Waals surface area contributed by atoms with Crippen molar-refractivity contribution < 1.29 is 14.3 Å². The number of benzene rings is 2. The molecule has 0 aliphatic rings. The van der Waals surface area contributed by atoms with Crippen LogP contribution in [0, 0.1) is 0 Å². The highest BCUT2D eigenvalue weighted by atomic mass is 35.5. The molecule has 0 aliphatic carbocycles. The van der Waals surface area contributed by atoms with Gasteiger partial charge in [0.2, 0.25) is 0 Å². The Morgan fingerprint density at radius 1 is 1.15 bits per heavy atom. The van der Waals surface area contributed by atoms with Gasteiger partial charge in [0.15, 0.2) is 0 Å². The number of nitrogens with zero attached hydrogens (tertiary/aromatic N) is 1. The molecule has 0 aliphatic heterocycles.